The fourth-order valence-corrected chi connectivity index (χ4v) is 5.85. The van der Waals surface area contributed by atoms with Crippen LogP contribution in [-0.4, -0.2) is 19.2 Å². The Kier molecular flexibility index (Phi) is 5.78. The molecule has 0 amide bonds. The van der Waals surface area contributed by atoms with Crippen molar-refractivity contribution in [1.82, 2.24) is 4.98 Å². The van der Waals surface area contributed by atoms with Gasteiger partial charge in [-0.3, -0.25) is 0 Å². The maximum atomic E-state index is 12.0. The first-order valence-electron chi connectivity index (χ1n) is 8.00. The zero-order chi connectivity index (χ0) is 17.9. The lowest BCUT2D eigenvalue weighted by Crippen LogP contribution is -2.22. The van der Waals surface area contributed by atoms with Crippen LogP contribution >= 0.6 is 23.1 Å². The molecule has 0 spiro atoms. The number of hydrogen-bond acceptors (Lipinski definition) is 5. The molecule has 4 nitrogen and oxygen atoms in total. The SMILES string of the molecule is Cc1cccc(C(CCCSc2nc3ccccc3s2)S(N)(=O)=O)c1. The van der Waals surface area contributed by atoms with Gasteiger partial charge in [-0.15, -0.1) is 11.3 Å². The van der Waals surface area contributed by atoms with E-state index >= 15 is 0 Å². The Morgan fingerprint density at radius 3 is 2.72 bits per heavy atom. The van der Waals surface area contributed by atoms with Crippen LogP contribution in [-0.2, 0) is 10.0 Å². The number of nitrogens with two attached hydrogens (primary N) is 1. The summed E-state index contributed by atoms with van der Waals surface area (Å²) in [4.78, 5) is 4.59. The van der Waals surface area contributed by atoms with Crippen LogP contribution in [0.2, 0.25) is 0 Å². The van der Waals surface area contributed by atoms with Gasteiger partial charge in [0.25, 0.3) is 0 Å². The molecule has 0 aliphatic carbocycles. The number of aryl methyl sites for hydroxylation is 1. The summed E-state index contributed by atoms with van der Waals surface area (Å²) in [5, 5.41) is 4.81. The van der Waals surface area contributed by atoms with Crippen molar-refractivity contribution in [2.75, 3.05) is 5.75 Å². The minimum absolute atomic E-state index is 0.514. The molecule has 1 heterocycles. The topological polar surface area (TPSA) is 73.0 Å². The molecular formula is C18H20N2O2S3. The van der Waals surface area contributed by atoms with Gasteiger partial charge in [0.05, 0.1) is 10.2 Å². The van der Waals surface area contributed by atoms with Crippen LogP contribution in [0.25, 0.3) is 10.2 Å². The van der Waals surface area contributed by atoms with Crippen molar-refractivity contribution < 1.29 is 8.42 Å². The van der Waals surface area contributed by atoms with Crippen molar-refractivity contribution >= 4 is 43.3 Å². The van der Waals surface area contributed by atoms with Crippen LogP contribution in [0.4, 0.5) is 0 Å². The van der Waals surface area contributed by atoms with E-state index in [-0.39, 0.29) is 0 Å². The monoisotopic (exact) mass is 392 g/mol. The Labute approximate surface area is 156 Å². The number of hydrogen-bond donors (Lipinski definition) is 1. The Balaban J connectivity index is 1.62. The predicted octanol–water partition coefficient (Wildman–Crippen LogP) is 4.51. The summed E-state index contributed by atoms with van der Waals surface area (Å²) in [6.45, 7) is 1.95. The van der Waals surface area contributed by atoms with Gasteiger partial charge in [-0.2, -0.15) is 0 Å². The van der Waals surface area contributed by atoms with Gasteiger partial charge in [0.2, 0.25) is 10.0 Å². The van der Waals surface area contributed by atoms with E-state index in [1.54, 1.807) is 23.1 Å². The molecule has 7 heteroatoms. The first kappa shape index (κ1) is 18.4. The number of primary sulfonamides is 1. The summed E-state index contributed by atoms with van der Waals surface area (Å²) in [7, 11) is -3.62. The van der Waals surface area contributed by atoms with Crippen LogP contribution in [0.15, 0.2) is 52.9 Å². The van der Waals surface area contributed by atoms with Gasteiger partial charge in [-0.25, -0.2) is 18.5 Å². The lowest BCUT2D eigenvalue weighted by molar-refractivity contribution is 0.575. The average molecular weight is 393 g/mol. The maximum Gasteiger partial charge on any atom is 0.216 e. The highest BCUT2D eigenvalue weighted by Crippen LogP contribution is 2.32. The minimum Gasteiger partial charge on any atom is -0.230 e. The van der Waals surface area contributed by atoms with Crippen LogP contribution in [0.5, 0.6) is 0 Å². The second kappa shape index (κ2) is 7.86. The molecule has 3 rings (SSSR count). The summed E-state index contributed by atoms with van der Waals surface area (Å²) in [5.41, 5.74) is 2.82. The van der Waals surface area contributed by atoms with E-state index in [2.05, 4.69) is 11.1 Å². The average Bonchev–Trinajstić information content (AvgIpc) is 2.96. The number of aromatic nitrogens is 1. The number of rotatable bonds is 7. The van der Waals surface area contributed by atoms with Crippen LogP contribution in [0, 0.1) is 6.92 Å². The van der Waals surface area contributed by atoms with Gasteiger partial charge < -0.3 is 0 Å². The molecule has 0 saturated heterocycles. The lowest BCUT2D eigenvalue weighted by atomic mass is 10.1. The Morgan fingerprint density at radius 2 is 2.00 bits per heavy atom. The van der Waals surface area contributed by atoms with Gasteiger partial charge >= 0.3 is 0 Å². The molecule has 1 unspecified atom stereocenters. The summed E-state index contributed by atoms with van der Waals surface area (Å²) in [6.07, 6.45) is 1.27. The number of benzene rings is 2. The summed E-state index contributed by atoms with van der Waals surface area (Å²) in [6, 6.07) is 15.6. The Hall–Kier alpha value is -1.41. The Bertz CT molecular complexity index is 934. The molecule has 0 bridgehead atoms. The van der Waals surface area contributed by atoms with Crippen molar-refractivity contribution in [1.29, 1.82) is 0 Å². The lowest BCUT2D eigenvalue weighted by Gasteiger charge is -2.15. The molecule has 0 fully saturated rings. The highest BCUT2D eigenvalue weighted by atomic mass is 32.2. The highest BCUT2D eigenvalue weighted by molar-refractivity contribution is 8.01. The molecule has 2 N–H and O–H groups in total. The molecule has 132 valence electrons. The first-order chi connectivity index (χ1) is 11.9. The number of para-hydroxylation sites is 1. The molecule has 0 aliphatic heterocycles. The van der Waals surface area contributed by atoms with E-state index in [4.69, 9.17) is 5.14 Å². The van der Waals surface area contributed by atoms with Crippen molar-refractivity contribution in [3.8, 4) is 0 Å². The minimum atomic E-state index is -3.62. The maximum absolute atomic E-state index is 12.0. The predicted molar refractivity (Wildman–Crippen MR) is 107 cm³/mol. The van der Waals surface area contributed by atoms with Gasteiger partial charge in [0.1, 0.15) is 5.25 Å². The van der Waals surface area contributed by atoms with Gasteiger partial charge in [0, 0.05) is 5.75 Å². The largest absolute Gasteiger partial charge is 0.230 e. The van der Waals surface area contributed by atoms with Gasteiger partial charge in [0.15, 0.2) is 4.34 Å². The normalized spacial score (nSPS) is 13.2. The third kappa shape index (κ3) is 4.82. The van der Waals surface area contributed by atoms with Crippen LogP contribution < -0.4 is 5.14 Å². The molecule has 0 radical (unpaired) electrons. The van der Waals surface area contributed by atoms with Crippen LogP contribution in [0.3, 0.4) is 0 Å². The molecule has 3 aromatic rings. The smallest absolute Gasteiger partial charge is 0.216 e. The number of fused-ring (bicyclic) bond motifs is 1. The van der Waals surface area contributed by atoms with E-state index in [0.717, 1.165) is 33.2 Å². The van der Waals surface area contributed by atoms with Crippen molar-refractivity contribution in [2.24, 2.45) is 5.14 Å². The van der Waals surface area contributed by atoms with Crippen LogP contribution in [0.1, 0.15) is 29.2 Å². The molecule has 0 aliphatic rings. The molecule has 2 aromatic carbocycles. The number of nitrogens with zero attached hydrogens (tertiary/aromatic N) is 1. The zero-order valence-electron chi connectivity index (χ0n) is 13.9. The third-order valence-corrected chi connectivity index (χ3v) is 7.49. The zero-order valence-corrected chi connectivity index (χ0v) is 16.3. The number of thiazole rings is 1. The van der Waals surface area contributed by atoms with E-state index in [1.807, 2.05) is 49.4 Å². The highest BCUT2D eigenvalue weighted by Gasteiger charge is 2.23. The van der Waals surface area contributed by atoms with E-state index in [0.29, 0.717) is 6.42 Å². The van der Waals surface area contributed by atoms with E-state index in [1.165, 1.54) is 4.70 Å². The molecular weight excluding hydrogens is 372 g/mol. The molecule has 25 heavy (non-hydrogen) atoms. The fraction of sp³-hybridized carbons (Fsp3) is 0.278. The molecule has 0 saturated carbocycles. The quantitative estimate of drug-likeness (QED) is 0.474. The van der Waals surface area contributed by atoms with Crippen molar-refractivity contribution in [3.63, 3.8) is 0 Å². The summed E-state index contributed by atoms with van der Waals surface area (Å²) in [5.74, 6) is 0.817. The second-order valence-electron chi connectivity index (χ2n) is 5.93. The second-order valence-corrected chi connectivity index (χ2v) is 10.0. The first-order valence-corrected chi connectivity index (χ1v) is 11.4. The molecule has 1 aromatic heterocycles. The van der Waals surface area contributed by atoms with Gasteiger partial charge in [-0.05, 0) is 37.5 Å². The standard InChI is InChI=1S/C18H20N2O2S3/c1-13-6-4-7-14(12-13)17(25(19,21)22)10-5-11-23-18-20-15-8-2-3-9-16(15)24-18/h2-4,6-9,12,17H,5,10-11H2,1H3,(H2,19,21,22). The van der Waals surface area contributed by atoms with Crippen molar-refractivity contribution in [2.45, 2.75) is 29.4 Å². The summed E-state index contributed by atoms with van der Waals surface area (Å²) < 4.78 is 26.2. The van der Waals surface area contributed by atoms with E-state index in [9.17, 15) is 8.42 Å². The molecule has 1 atom stereocenters. The van der Waals surface area contributed by atoms with E-state index < -0.39 is 15.3 Å². The Morgan fingerprint density at radius 1 is 1.20 bits per heavy atom. The fourth-order valence-electron chi connectivity index (χ4n) is 2.73. The van der Waals surface area contributed by atoms with Crippen molar-refractivity contribution in [3.05, 3.63) is 59.7 Å². The summed E-state index contributed by atoms with van der Waals surface area (Å²) >= 11 is 3.34. The third-order valence-electron chi connectivity index (χ3n) is 3.92. The number of thioether (sulfide) groups is 1. The van der Waals surface area contributed by atoms with Gasteiger partial charge in [-0.1, -0.05) is 53.7 Å². The number of sulfonamides is 1.